The minimum atomic E-state index is -0.0530. The Labute approximate surface area is 164 Å². The van der Waals surface area contributed by atoms with E-state index < -0.39 is 0 Å². The monoisotopic (exact) mass is 373 g/mol. The molecule has 152 valence electrons. The van der Waals surface area contributed by atoms with Crippen molar-refractivity contribution < 1.29 is 0 Å². The zero-order valence-corrected chi connectivity index (χ0v) is 18.5. The highest BCUT2D eigenvalue weighted by Crippen LogP contribution is 2.26. The first kappa shape index (κ1) is 25.2. The summed E-state index contributed by atoms with van der Waals surface area (Å²) in [5, 5.41) is 0. The molecule has 0 aromatic carbocycles. The van der Waals surface area contributed by atoms with E-state index in [-0.39, 0.29) is 5.54 Å². The highest BCUT2D eigenvalue weighted by molar-refractivity contribution is 6.17. The minimum absolute atomic E-state index is 0.0530. The van der Waals surface area contributed by atoms with Crippen LogP contribution in [0.3, 0.4) is 0 Å². The van der Waals surface area contributed by atoms with Crippen molar-refractivity contribution in [1.82, 2.24) is 0 Å². The number of rotatable bonds is 19. The van der Waals surface area contributed by atoms with Crippen LogP contribution in [0.15, 0.2) is 0 Å². The summed E-state index contributed by atoms with van der Waals surface area (Å²) in [6.07, 6.45) is 23.5. The van der Waals surface area contributed by atoms with Gasteiger partial charge >= 0.3 is 0 Å². The molecule has 0 saturated heterocycles. The molecule has 1 nitrogen and oxygen atoms in total. The standard InChI is InChI=1S/C23H48ClN/c1-4-5-6-7-8-9-10-11-12-13-14-15-16-17-19-22(20-18-21-24)23(2,3)25/h22H,4-21,25H2,1-3H3. The van der Waals surface area contributed by atoms with Crippen molar-refractivity contribution in [2.24, 2.45) is 11.7 Å². The SMILES string of the molecule is CCCCCCCCCCCCCCCCC(CCCCl)C(C)(C)N. The van der Waals surface area contributed by atoms with Crippen molar-refractivity contribution in [1.29, 1.82) is 0 Å². The number of hydrogen-bond acceptors (Lipinski definition) is 1. The second kappa shape index (κ2) is 17.7. The van der Waals surface area contributed by atoms with Crippen LogP contribution in [0.2, 0.25) is 0 Å². The summed E-state index contributed by atoms with van der Waals surface area (Å²) in [5.74, 6) is 1.40. The van der Waals surface area contributed by atoms with E-state index in [1.54, 1.807) is 0 Å². The van der Waals surface area contributed by atoms with E-state index in [4.69, 9.17) is 17.3 Å². The Kier molecular flexibility index (Phi) is 17.8. The Morgan fingerprint density at radius 2 is 1.00 bits per heavy atom. The maximum absolute atomic E-state index is 6.33. The quantitative estimate of drug-likeness (QED) is 0.179. The molecule has 2 heteroatoms. The van der Waals surface area contributed by atoms with Gasteiger partial charge in [0.2, 0.25) is 0 Å². The number of hydrogen-bond donors (Lipinski definition) is 1. The van der Waals surface area contributed by atoms with Gasteiger partial charge in [-0.15, -0.1) is 11.6 Å². The summed E-state index contributed by atoms with van der Waals surface area (Å²) < 4.78 is 0. The first-order valence-electron chi connectivity index (χ1n) is 11.4. The summed E-state index contributed by atoms with van der Waals surface area (Å²) in [6.45, 7) is 6.64. The highest BCUT2D eigenvalue weighted by atomic mass is 35.5. The smallest absolute Gasteiger partial charge is 0.0223 e. The molecule has 0 rings (SSSR count). The molecule has 0 spiro atoms. The number of halogens is 1. The molecule has 0 aliphatic heterocycles. The van der Waals surface area contributed by atoms with Crippen molar-refractivity contribution in [3.63, 3.8) is 0 Å². The zero-order valence-electron chi connectivity index (χ0n) is 17.8. The second-order valence-electron chi connectivity index (χ2n) is 8.73. The van der Waals surface area contributed by atoms with Gasteiger partial charge in [-0.3, -0.25) is 0 Å². The summed E-state index contributed by atoms with van der Waals surface area (Å²) in [4.78, 5) is 0. The van der Waals surface area contributed by atoms with Gasteiger partial charge in [0, 0.05) is 11.4 Å². The van der Waals surface area contributed by atoms with Gasteiger partial charge < -0.3 is 5.73 Å². The van der Waals surface area contributed by atoms with Gasteiger partial charge in [-0.1, -0.05) is 96.8 Å². The minimum Gasteiger partial charge on any atom is -0.325 e. The van der Waals surface area contributed by atoms with Crippen molar-refractivity contribution >= 4 is 11.6 Å². The van der Waals surface area contributed by atoms with Gasteiger partial charge in [-0.25, -0.2) is 0 Å². The maximum atomic E-state index is 6.33. The summed E-state index contributed by atoms with van der Waals surface area (Å²) in [6, 6.07) is 0. The van der Waals surface area contributed by atoms with Crippen LogP contribution in [0.25, 0.3) is 0 Å². The van der Waals surface area contributed by atoms with E-state index >= 15 is 0 Å². The molecule has 1 unspecified atom stereocenters. The van der Waals surface area contributed by atoms with Crippen LogP contribution >= 0.6 is 11.6 Å². The molecule has 0 aliphatic rings. The third kappa shape index (κ3) is 17.4. The van der Waals surface area contributed by atoms with Gasteiger partial charge in [-0.2, -0.15) is 0 Å². The lowest BCUT2D eigenvalue weighted by atomic mass is 9.81. The molecule has 0 aromatic rings. The molecular formula is C23H48ClN. The molecule has 1 atom stereocenters. The first-order chi connectivity index (χ1) is 12.0. The van der Waals surface area contributed by atoms with Crippen LogP contribution in [0.4, 0.5) is 0 Å². The van der Waals surface area contributed by atoms with E-state index in [9.17, 15) is 0 Å². The zero-order chi connectivity index (χ0) is 18.8. The van der Waals surface area contributed by atoms with E-state index in [2.05, 4.69) is 20.8 Å². The molecule has 25 heavy (non-hydrogen) atoms. The molecule has 2 N–H and O–H groups in total. The average molecular weight is 374 g/mol. The van der Waals surface area contributed by atoms with Gasteiger partial charge in [0.25, 0.3) is 0 Å². The fourth-order valence-electron chi connectivity index (χ4n) is 3.80. The van der Waals surface area contributed by atoms with E-state index in [1.807, 2.05) is 0 Å². The molecule has 0 radical (unpaired) electrons. The summed E-state index contributed by atoms with van der Waals surface area (Å²) in [5.41, 5.74) is 6.28. The largest absolute Gasteiger partial charge is 0.325 e. The number of unbranched alkanes of at least 4 members (excludes halogenated alkanes) is 13. The van der Waals surface area contributed by atoms with Crippen LogP contribution in [-0.2, 0) is 0 Å². The first-order valence-corrected chi connectivity index (χ1v) is 11.9. The predicted octanol–water partition coefficient (Wildman–Crippen LogP) is 8.23. The number of nitrogens with two attached hydrogens (primary N) is 1. The lowest BCUT2D eigenvalue weighted by Gasteiger charge is -2.30. The molecule has 0 aromatic heterocycles. The Morgan fingerprint density at radius 1 is 0.640 bits per heavy atom. The van der Waals surface area contributed by atoms with Crippen LogP contribution in [0.1, 0.15) is 130 Å². The molecule has 0 bridgehead atoms. The lowest BCUT2D eigenvalue weighted by Crippen LogP contribution is -2.41. The topological polar surface area (TPSA) is 26.0 Å². The number of alkyl halides is 1. The van der Waals surface area contributed by atoms with Gasteiger partial charge in [0.05, 0.1) is 0 Å². The predicted molar refractivity (Wildman–Crippen MR) is 117 cm³/mol. The molecule has 0 heterocycles. The maximum Gasteiger partial charge on any atom is 0.0223 e. The highest BCUT2D eigenvalue weighted by Gasteiger charge is 2.23. The van der Waals surface area contributed by atoms with Crippen LogP contribution in [0.5, 0.6) is 0 Å². The molecule has 0 fully saturated rings. The van der Waals surface area contributed by atoms with Crippen molar-refractivity contribution in [2.75, 3.05) is 5.88 Å². The molecule has 0 amide bonds. The van der Waals surface area contributed by atoms with Gasteiger partial charge in [0.15, 0.2) is 0 Å². The average Bonchev–Trinajstić information content (AvgIpc) is 2.56. The lowest BCUT2D eigenvalue weighted by molar-refractivity contribution is 0.273. The van der Waals surface area contributed by atoms with E-state index in [0.29, 0.717) is 5.92 Å². The Bertz CT molecular complexity index is 259. The Balaban J connectivity index is 3.37. The molecule has 0 aliphatic carbocycles. The van der Waals surface area contributed by atoms with Gasteiger partial charge in [0.1, 0.15) is 0 Å². The summed E-state index contributed by atoms with van der Waals surface area (Å²) in [7, 11) is 0. The van der Waals surface area contributed by atoms with Crippen molar-refractivity contribution in [3.05, 3.63) is 0 Å². The van der Waals surface area contributed by atoms with E-state index in [1.165, 1.54) is 103 Å². The third-order valence-corrected chi connectivity index (χ3v) is 5.91. The summed E-state index contributed by atoms with van der Waals surface area (Å²) >= 11 is 5.85. The molecule has 0 saturated carbocycles. The fourth-order valence-corrected chi connectivity index (χ4v) is 3.95. The van der Waals surface area contributed by atoms with Crippen LogP contribution in [-0.4, -0.2) is 11.4 Å². The second-order valence-corrected chi connectivity index (χ2v) is 9.11. The van der Waals surface area contributed by atoms with Crippen molar-refractivity contribution in [3.8, 4) is 0 Å². The fraction of sp³-hybridized carbons (Fsp3) is 1.00. The van der Waals surface area contributed by atoms with Crippen molar-refractivity contribution in [2.45, 2.75) is 135 Å². The third-order valence-electron chi connectivity index (χ3n) is 5.64. The Morgan fingerprint density at radius 3 is 1.36 bits per heavy atom. The van der Waals surface area contributed by atoms with Crippen LogP contribution in [0, 0.1) is 5.92 Å². The normalized spacial score (nSPS) is 13.3. The Hall–Kier alpha value is 0.250. The van der Waals surface area contributed by atoms with E-state index in [0.717, 1.165) is 12.3 Å². The molecular weight excluding hydrogens is 326 g/mol. The van der Waals surface area contributed by atoms with Crippen LogP contribution < -0.4 is 5.73 Å². The van der Waals surface area contributed by atoms with Gasteiger partial charge in [-0.05, 0) is 39.0 Å².